The normalized spacial score (nSPS) is 43.5. The zero-order valence-corrected chi connectivity index (χ0v) is 30.3. The summed E-state index contributed by atoms with van der Waals surface area (Å²) in [7, 11) is 5.46. The Bertz CT molecular complexity index is 1060. The number of methoxy groups -OCH3 is 1. The maximum atomic E-state index is 14.2. The number of ether oxygens (including phenoxy) is 5. The minimum Gasteiger partial charge on any atom is -0.458 e. The van der Waals surface area contributed by atoms with Crippen molar-refractivity contribution in [3.8, 4) is 0 Å². The van der Waals surface area contributed by atoms with Gasteiger partial charge in [0.05, 0.1) is 24.2 Å². The van der Waals surface area contributed by atoms with E-state index in [0.717, 1.165) is 6.42 Å². The number of fused-ring (bicyclic) bond motifs is 1. The molecule has 2 N–H and O–H groups in total. The maximum absolute atomic E-state index is 14.2. The predicted octanol–water partition coefficient (Wildman–Crippen LogP) is 3.73. The molecule has 3 aliphatic rings. The van der Waals surface area contributed by atoms with Crippen LogP contribution in [0.2, 0.25) is 0 Å². The molecule has 13 atom stereocenters. The third-order valence-electron chi connectivity index (χ3n) is 10.8. The molecule has 0 aromatic carbocycles. The highest BCUT2D eigenvalue weighted by atomic mass is 16.7. The number of nitrogens with zero attached hydrogens (tertiary/aromatic N) is 1. The quantitative estimate of drug-likeness (QED) is 0.307. The van der Waals surface area contributed by atoms with E-state index in [1.807, 2.05) is 46.7 Å². The molecule has 266 valence electrons. The van der Waals surface area contributed by atoms with Gasteiger partial charge in [-0.05, 0) is 85.9 Å². The van der Waals surface area contributed by atoms with Gasteiger partial charge in [-0.1, -0.05) is 34.6 Å². The molecule has 3 rings (SSSR count). The number of aliphatic hydroxyl groups excluding tert-OH is 1. The standard InChI is InChI=1S/C35H62N2O9/c1-13-27-35(9)25(16-28(38)46-35)23(7)36-18-20(4)17-34(8,42-12)31(21(5)29(39)22(6)32(41)44-27)45-33-30(40)26(37(10)11)15-24(43-33)14-19(2)3/h19-27,30-31,33,36,40H,13-18H2,1-12H3/t20-,21+,22?,23-,24-,25-,26?,27-,30-,31-,33+,34-,35+/m1/s1. The molecule has 0 aromatic heterocycles. The summed E-state index contributed by atoms with van der Waals surface area (Å²) in [5, 5.41) is 15.1. The number of nitrogens with one attached hydrogen (secondary N) is 1. The molecular formula is C35H62N2O9. The molecule has 3 heterocycles. The lowest BCUT2D eigenvalue weighted by molar-refractivity contribution is -0.299. The van der Waals surface area contributed by atoms with E-state index in [9.17, 15) is 19.5 Å². The average Bonchev–Trinajstić information content (AvgIpc) is 3.30. The van der Waals surface area contributed by atoms with Crippen LogP contribution in [-0.2, 0) is 38.1 Å². The molecule has 3 fully saturated rings. The van der Waals surface area contributed by atoms with E-state index < -0.39 is 53.6 Å². The van der Waals surface area contributed by atoms with Crippen molar-refractivity contribution >= 4 is 17.7 Å². The van der Waals surface area contributed by atoms with Crippen LogP contribution in [0.5, 0.6) is 0 Å². The first kappa shape index (κ1) is 38.8. The van der Waals surface area contributed by atoms with Crippen molar-refractivity contribution < 1.29 is 43.2 Å². The Morgan fingerprint density at radius 1 is 1.11 bits per heavy atom. The van der Waals surface area contributed by atoms with Gasteiger partial charge < -0.3 is 39.0 Å². The summed E-state index contributed by atoms with van der Waals surface area (Å²) in [4.78, 5) is 42.4. The fourth-order valence-electron chi connectivity index (χ4n) is 8.00. The average molecular weight is 655 g/mol. The second kappa shape index (κ2) is 15.7. The van der Waals surface area contributed by atoms with E-state index in [4.69, 9.17) is 23.7 Å². The van der Waals surface area contributed by atoms with Crippen molar-refractivity contribution in [2.45, 2.75) is 148 Å². The number of esters is 2. The number of likely N-dealkylation sites (N-methyl/N-ethyl adjacent to an activating group) is 1. The molecule has 0 radical (unpaired) electrons. The van der Waals surface area contributed by atoms with E-state index in [2.05, 4.69) is 26.1 Å². The minimum absolute atomic E-state index is 0.0629. The summed E-state index contributed by atoms with van der Waals surface area (Å²) in [6, 6.07) is -0.328. The Hall–Kier alpha value is -1.63. The summed E-state index contributed by atoms with van der Waals surface area (Å²) in [6.45, 7) is 17.9. The number of carbonyl (C=O) groups excluding carboxylic acids is 3. The van der Waals surface area contributed by atoms with Gasteiger partial charge in [-0.15, -0.1) is 0 Å². The third-order valence-corrected chi connectivity index (χ3v) is 10.8. The number of hydrogen-bond acceptors (Lipinski definition) is 11. The third kappa shape index (κ3) is 8.50. The number of cyclic esters (lactones) is 1. The summed E-state index contributed by atoms with van der Waals surface area (Å²) in [5.74, 6) is -3.09. The molecule has 46 heavy (non-hydrogen) atoms. The zero-order valence-electron chi connectivity index (χ0n) is 30.3. The van der Waals surface area contributed by atoms with Gasteiger partial charge in [0.2, 0.25) is 0 Å². The van der Waals surface area contributed by atoms with Gasteiger partial charge in [-0.3, -0.25) is 14.4 Å². The van der Waals surface area contributed by atoms with E-state index >= 15 is 0 Å². The molecule has 3 saturated heterocycles. The molecule has 3 aliphatic heterocycles. The first-order valence-corrected chi connectivity index (χ1v) is 17.3. The van der Waals surface area contributed by atoms with E-state index in [1.165, 1.54) is 0 Å². The first-order valence-electron chi connectivity index (χ1n) is 17.3. The Kier molecular flexibility index (Phi) is 13.3. The van der Waals surface area contributed by atoms with Crippen LogP contribution < -0.4 is 5.32 Å². The van der Waals surface area contributed by atoms with Crippen LogP contribution >= 0.6 is 0 Å². The van der Waals surface area contributed by atoms with Gasteiger partial charge >= 0.3 is 11.9 Å². The SMILES string of the molecule is CC[C@H]1OC(=O)C(C)C(=O)[C@H](C)[C@@H](O[C@@H]2O[C@H](CC(C)C)CC(N(C)C)[C@H]2O)[C@](C)(OC)C[C@@H](C)CN[C@H](C)[C@H]2CC(=O)O[C@@]21C. The largest absolute Gasteiger partial charge is 0.458 e. The van der Waals surface area contributed by atoms with E-state index in [0.29, 0.717) is 31.7 Å². The number of Topliss-reactive ketones (excluding diaryl/α,β-unsaturated/α-hetero) is 1. The number of aliphatic hydroxyl groups is 1. The van der Waals surface area contributed by atoms with Gasteiger partial charge in [0.25, 0.3) is 0 Å². The van der Waals surface area contributed by atoms with Crippen LogP contribution in [-0.4, -0.2) is 109 Å². The predicted molar refractivity (Wildman–Crippen MR) is 174 cm³/mol. The van der Waals surface area contributed by atoms with Crippen molar-refractivity contribution in [1.29, 1.82) is 0 Å². The fraction of sp³-hybridized carbons (Fsp3) is 0.914. The lowest BCUT2D eigenvalue weighted by Crippen LogP contribution is -2.59. The van der Waals surface area contributed by atoms with E-state index in [1.54, 1.807) is 21.0 Å². The van der Waals surface area contributed by atoms with Gasteiger partial charge in [-0.25, -0.2) is 0 Å². The first-order chi connectivity index (χ1) is 21.4. The molecule has 0 saturated carbocycles. The smallest absolute Gasteiger partial charge is 0.316 e. The molecule has 11 heteroatoms. The topological polar surface area (TPSA) is 133 Å². The van der Waals surface area contributed by atoms with Crippen LogP contribution in [0.25, 0.3) is 0 Å². The molecule has 0 amide bonds. The Morgan fingerprint density at radius 3 is 2.33 bits per heavy atom. The van der Waals surface area contributed by atoms with Crippen molar-refractivity contribution in [2.24, 2.45) is 29.6 Å². The Labute approximate surface area is 276 Å². The summed E-state index contributed by atoms with van der Waals surface area (Å²) in [5.41, 5.74) is -2.03. The molecule has 0 spiro atoms. The molecular weight excluding hydrogens is 592 g/mol. The molecule has 2 unspecified atom stereocenters. The highest BCUT2D eigenvalue weighted by Gasteiger charge is 2.55. The second-order valence-electron chi connectivity index (χ2n) is 15.3. The van der Waals surface area contributed by atoms with Crippen molar-refractivity contribution in [2.75, 3.05) is 27.7 Å². The van der Waals surface area contributed by atoms with Crippen molar-refractivity contribution in [3.05, 3.63) is 0 Å². The van der Waals surface area contributed by atoms with Gasteiger partial charge in [-0.2, -0.15) is 0 Å². The van der Waals surface area contributed by atoms with Crippen LogP contribution in [0.4, 0.5) is 0 Å². The van der Waals surface area contributed by atoms with Gasteiger partial charge in [0.1, 0.15) is 18.1 Å². The highest BCUT2D eigenvalue weighted by molar-refractivity contribution is 6.00. The number of ketones is 1. The van der Waals surface area contributed by atoms with Crippen molar-refractivity contribution in [3.63, 3.8) is 0 Å². The second-order valence-corrected chi connectivity index (χ2v) is 15.3. The number of hydrogen-bond donors (Lipinski definition) is 2. The molecule has 0 aromatic rings. The number of rotatable bonds is 7. The highest BCUT2D eigenvalue weighted by Crippen LogP contribution is 2.42. The fourth-order valence-corrected chi connectivity index (χ4v) is 8.00. The van der Waals surface area contributed by atoms with E-state index in [-0.39, 0.29) is 48.2 Å². The molecule has 0 aliphatic carbocycles. The van der Waals surface area contributed by atoms with Crippen LogP contribution in [0.3, 0.4) is 0 Å². The van der Waals surface area contributed by atoms with Gasteiger partial charge in [0, 0.05) is 31.0 Å². The number of carbonyl (C=O) groups is 3. The van der Waals surface area contributed by atoms with Crippen molar-refractivity contribution in [1.82, 2.24) is 10.2 Å². The molecule has 0 bridgehead atoms. The summed E-state index contributed by atoms with van der Waals surface area (Å²) >= 11 is 0. The van der Waals surface area contributed by atoms with Crippen LogP contribution in [0, 0.1) is 29.6 Å². The summed E-state index contributed by atoms with van der Waals surface area (Å²) < 4.78 is 31.2. The lowest BCUT2D eigenvalue weighted by atomic mass is 9.78. The minimum atomic E-state index is -1.12. The Morgan fingerprint density at radius 2 is 1.76 bits per heavy atom. The maximum Gasteiger partial charge on any atom is 0.316 e. The lowest BCUT2D eigenvalue weighted by Gasteiger charge is -2.47. The van der Waals surface area contributed by atoms with Crippen LogP contribution in [0.15, 0.2) is 0 Å². The zero-order chi connectivity index (χ0) is 34.7. The monoisotopic (exact) mass is 654 g/mol. The molecule has 11 nitrogen and oxygen atoms in total. The Balaban J connectivity index is 2.03. The van der Waals surface area contributed by atoms with Crippen LogP contribution in [0.1, 0.15) is 94.4 Å². The summed E-state index contributed by atoms with van der Waals surface area (Å²) in [6.07, 6.45) is -1.09. The van der Waals surface area contributed by atoms with Gasteiger partial charge in [0.15, 0.2) is 17.7 Å².